The van der Waals surface area contributed by atoms with E-state index in [4.69, 9.17) is 4.42 Å². The van der Waals surface area contributed by atoms with Crippen molar-refractivity contribution in [3.63, 3.8) is 0 Å². The fraction of sp³-hybridized carbons (Fsp3) is 0. The summed E-state index contributed by atoms with van der Waals surface area (Å²) < 4.78 is 6.69. The van der Waals surface area contributed by atoms with E-state index in [9.17, 15) is 0 Å². The van der Waals surface area contributed by atoms with Crippen LogP contribution < -0.4 is 4.90 Å². The molecule has 0 spiro atoms. The molecule has 234 valence electrons. The van der Waals surface area contributed by atoms with E-state index < -0.39 is 0 Å². The highest BCUT2D eigenvalue weighted by Gasteiger charge is 2.17. The Balaban J connectivity index is 1.13. The number of para-hydroxylation sites is 1. The van der Waals surface area contributed by atoms with Crippen molar-refractivity contribution in [3.8, 4) is 22.3 Å². The smallest absolute Gasteiger partial charge is 0.143 e. The molecule has 0 fully saturated rings. The van der Waals surface area contributed by atoms with Crippen LogP contribution in [0.1, 0.15) is 0 Å². The van der Waals surface area contributed by atoms with Crippen molar-refractivity contribution in [3.05, 3.63) is 188 Å². The van der Waals surface area contributed by atoms with Crippen LogP contribution in [-0.2, 0) is 0 Å². The average Bonchev–Trinajstić information content (AvgIpc) is 3.58. The van der Waals surface area contributed by atoms with E-state index in [-0.39, 0.29) is 0 Å². The van der Waals surface area contributed by atoms with Crippen LogP contribution in [0.4, 0.5) is 17.1 Å². The fourth-order valence-electron chi connectivity index (χ4n) is 7.58. The number of furan rings is 1. The number of rotatable bonds is 5. The van der Waals surface area contributed by atoms with Crippen LogP contribution in [0.3, 0.4) is 0 Å². The van der Waals surface area contributed by atoms with Gasteiger partial charge < -0.3 is 9.32 Å². The van der Waals surface area contributed by atoms with Gasteiger partial charge in [0.05, 0.1) is 0 Å². The third kappa shape index (κ3) is 4.65. The minimum absolute atomic E-state index is 0.917. The third-order valence-electron chi connectivity index (χ3n) is 10.0. The molecular formula is C48H31NO. The second-order valence-electron chi connectivity index (χ2n) is 12.9. The predicted octanol–water partition coefficient (Wildman–Crippen LogP) is 13.8. The second kappa shape index (κ2) is 11.5. The van der Waals surface area contributed by atoms with Gasteiger partial charge in [-0.25, -0.2) is 0 Å². The van der Waals surface area contributed by atoms with Crippen molar-refractivity contribution in [2.75, 3.05) is 4.90 Å². The lowest BCUT2D eigenvalue weighted by Crippen LogP contribution is -2.10. The zero-order valence-electron chi connectivity index (χ0n) is 27.3. The SMILES string of the molecule is c1ccc(-c2cccc(N(c3ccc(-c4cccc5c4oc4c6ccccc6ccc54)cc3)c3ccc4ccc5ccccc5c4c3)c2)cc1. The van der Waals surface area contributed by atoms with Crippen LogP contribution in [0.25, 0.3) is 76.5 Å². The third-order valence-corrected chi connectivity index (χ3v) is 10.0. The highest BCUT2D eigenvalue weighted by Crippen LogP contribution is 2.42. The van der Waals surface area contributed by atoms with Gasteiger partial charge in [-0.05, 0) is 86.1 Å². The molecule has 0 radical (unpaired) electrons. The van der Waals surface area contributed by atoms with E-state index >= 15 is 0 Å². The number of anilines is 3. The van der Waals surface area contributed by atoms with Crippen molar-refractivity contribution < 1.29 is 4.42 Å². The number of nitrogens with zero attached hydrogens (tertiary/aromatic N) is 1. The largest absolute Gasteiger partial charge is 0.455 e. The van der Waals surface area contributed by atoms with Gasteiger partial charge in [-0.3, -0.25) is 0 Å². The number of hydrogen-bond acceptors (Lipinski definition) is 2. The molecule has 10 rings (SSSR count). The molecule has 0 bridgehead atoms. The maximum absolute atomic E-state index is 6.69. The Hall–Kier alpha value is -6.64. The first kappa shape index (κ1) is 28.4. The zero-order valence-corrected chi connectivity index (χ0v) is 27.3. The Morgan fingerprint density at radius 2 is 0.880 bits per heavy atom. The van der Waals surface area contributed by atoms with Gasteiger partial charge in [0, 0.05) is 38.8 Å². The maximum atomic E-state index is 6.69. The number of benzene rings is 9. The Bertz CT molecular complexity index is 2870. The summed E-state index contributed by atoms with van der Waals surface area (Å²) in [6.45, 7) is 0. The van der Waals surface area contributed by atoms with Crippen LogP contribution in [0.15, 0.2) is 192 Å². The first-order chi connectivity index (χ1) is 24.8. The van der Waals surface area contributed by atoms with Crippen LogP contribution in [-0.4, -0.2) is 0 Å². The molecule has 0 saturated heterocycles. The van der Waals surface area contributed by atoms with E-state index in [1.165, 1.54) is 38.1 Å². The van der Waals surface area contributed by atoms with Gasteiger partial charge in [0.1, 0.15) is 11.2 Å². The minimum atomic E-state index is 0.917. The summed E-state index contributed by atoms with van der Waals surface area (Å²) in [6, 6.07) is 67.5. The summed E-state index contributed by atoms with van der Waals surface area (Å²) in [5, 5.41) is 9.57. The topological polar surface area (TPSA) is 16.4 Å². The monoisotopic (exact) mass is 637 g/mol. The van der Waals surface area contributed by atoms with Gasteiger partial charge in [-0.1, -0.05) is 146 Å². The highest BCUT2D eigenvalue weighted by molar-refractivity contribution is 6.17. The molecule has 0 N–H and O–H groups in total. The molecule has 50 heavy (non-hydrogen) atoms. The molecule has 1 aromatic heterocycles. The van der Waals surface area contributed by atoms with Gasteiger partial charge in [0.25, 0.3) is 0 Å². The van der Waals surface area contributed by atoms with Gasteiger partial charge in [-0.15, -0.1) is 0 Å². The molecule has 2 heteroatoms. The van der Waals surface area contributed by atoms with E-state index in [0.717, 1.165) is 55.5 Å². The Morgan fingerprint density at radius 3 is 1.72 bits per heavy atom. The average molecular weight is 638 g/mol. The molecule has 0 unspecified atom stereocenters. The van der Waals surface area contributed by atoms with Crippen LogP contribution in [0.5, 0.6) is 0 Å². The molecule has 0 aliphatic carbocycles. The summed E-state index contributed by atoms with van der Waals surface area (Å²) in [4.78, 5) is 2.37. The molecule has 0 amide bonds. The van der Waals surface area contributed by atoms with Gasteiger partial charge >= 0.3 is 0 Å². The van der Waals surface area contributed by atoms with Crippen LogP contribution in [0, 0.1) is 0 Å². The van der Waals surface area contributed by atoms with Crippen molar-refractivity contribution in [2.24, 2.45) is 0 Å². The van der Waals surface area contributed by atoms with Gasteiger partial charge in [0.15, 0.2) is 0 Å². The molecule has 2 nitrogen and oxygen atoms in total. The zero-order chi connectivity index (χ0) is 33.0. The Labute approximate surface area is 290 Å². The first-order valence-electron chi connectivity index (χ1n) is 17.1. The van der Waals surface area contributed by atoms with Crippen LogP contribution >= 0.6 is 0 Å². The molecule has 0 aliphatic rings. The molecule has 1 heterocycles. The Morgan fingerprint density at radius 1 is 0.300 bits per heavy atom. The van der Waals surface area contributed by atoms with Crippen molar-refractivity contribution in [2.45, 2.75) is 0 Å². The summed E-state index contributed by atoms with van der Waals surface area (Å²) in [7, 11) is 0. The summed E-state index contributed by atoms with van der Waals surface area (Å²) in [5.74, 6) is 0. The van der Waals surface area contributed by atoms with Gasteiger partial charge in [-0.2, -0.15) is 0 Å². The lowest BCUT2D eigenvalue weighted by molar-refractivity contribution is 0.674. The molecule has 0 atom stereocenters. The molecule has 0 aliphatic heterocycles. The van der Waals surface area contributed by atoms with Gasteiger partial charge in [0.2, 0.25) is 0 Å². The number of hydrogen-bond donors (Lipinski definition) is 0. The molecule has 0 saturated carbocycles. The van der Waals surface area contributed by atoms with Crippen molar-refractivity contribution in [1.82, 2.24) is 0 Å². The number of fused-ring (bicyclic) bond motifs is 8. The summed E-state index contributed by atoms with van der Waals surface area (Å²) in [6.07, 6.45) is 0. The highest BCUT2D eigenvalue weighted by atomic mass is 16.3. The predicted molar refractivity (Wildman–Crippen MR) is 212 cm³/mol. The Kier molecular flexibility index (Phi) is 6.53. The standard InChI is InChI=1S/C48H31NO/c1-2-10-32(11-3-1)37-14-8-15-39(30-37)49(40-28-24-36-21-20-33-12-4-6-16-41(33)46(36)31-40)38-26-22-35(23-27-38)43-18-9-19-44-45-29-25-34-13-5-7-17-42(34)48(45)50-47(43)44/h1-31H. The first-order valence-corrected chi connectivity index (χ1v) is 17.1. The second-order valence-corrected chi connectivity index (χ2v) is 12.9. The quantitative estimate of drug-likeness (QED) is 0.175. The van der Waals surface area contributed by atoms with E-state index in [1.807, 2.05) is 0 Å². The maximum Gasteiger partial charge on any atom is 0.143 e. The molecular weight excluding hydrogens is 607 g/mol. The molecule has 9 aromatic carbocycles. The van der Waals surface area contributed by atoms with E-state index in [0.29, 0.717) is 0 Å². The van der Waals surface area contributed by atoms with Crippen LogP contribution in [0.2, 0.25) is 0 Å². The van der Waals surface area contributed by atoms with Crippen molar-refractivity contribution >= 4 is 71.3 Å². The molecule has 10 aromatic rings. The van der Waals surface area contributed by atoms with E-state index in [1.54, 1.807) is 0 Å². The van der Waals surface area contributed by atoms with E-state index in [2.05, 4.69) is 193 Å². The van der Waals surface area contributed by atoms with Crippen molar-refractivity contribution in [1.29, 1.82) is 0 Å². The summed E-state index contributed by atoms with van der Waals surface area (Å²) >= 11 is 0. The minimum Gasteiger partial charge on any atom is -0.455 e. The summed E-state index contributed by atoms with van der Waals surface area (Å²) in [5.41, 5.74) is 9.73. The fourth-order valence-corrected chi connectivity index (χ4v) is 7.58. The lowest BCUT2D eigenvalue weighted by atomic mass is 9.99. The normalized spacial score (nSPS) is 11.6. The lowest BCUT2D eigenvalue weighted by Gasteiger charge is -2.27.